The molecule has 0 rings (SSSR count). The predicted molar refractivity (Wildman–Crippen MR) is 67.2 cm³/mol. The summed E-state index contributed by atoms with van der Waals surface area (Å²) in [4.78, 5) is 0. The summed E-state index contributed by atoms with van der Waals surface area (Å²) < 4.78 is 6.07. The van der Waals surface area contributed by atoms with E-state index in [2.05, 4.69) is 33.9 Å². The van der Waals surface area contributed by atoms with E-state index in [9.17, 15) is 0 Å². The van der Waals surface area contributed by atoms with Crippen LogP contribution in [0.25, 0.3) is 0 Å². The molecule has 0 aromatic heterocycles. The number of hydrogen-bond donors (Lipinski definition) is 0. The second-order valence-corrected chi connectivity index (χ2v) is 9.36. The Morgan fingerprint density at radius 2 is 1.79 bits per heavy atom. The molecule has 0 saturated carbocycles. The average molecular weight is 216 g/mol. The van der Waals surface area contributed by atoms with E-state index in [1.807, 2.05) is 0 Å². The molecular formula is C12H28OSi. The van der Waals surface area contributed by atoms with Crippen LogP contribution in [0.15, 0.2) is 0 Å². The first-order valence-corrected chi connectivity index (χ1v) is 9.31. The van der Waals surface area contributed by atoms with Crippen LogP contribution < -0.4 is 0 Å². The van der Waals surface area contributed by atoms with E-state index in [1.165, 1.54) is 31.7 Å². The van der Waals surface area contributed by atoms with Gasteiger partial charge in [0.1, 0.15) is 0 Å². The lowest BCUT2D eigenvalue weighted by atomic mass is 10.0. The first-order valence-electron chi connectivity index (χ1n) is 6.19. The normalized spacial score (nSPS) is 14.4. The second-order valence-electron chi connectivity index (χ2n) is 4.84. The summed E-state index contributed by atoms with van der Waals surface area (Å²) in [5.41, 5.74) is 0. The molecule has 0 N–H and O–H groups in total. The van der Waals surface area contributed by atoms with Gasteiger partial charge in [0.25, 0.3) is 0 Å². The highest BCUT2D eigenvalue weighted by molar-refractivity contribution is 6.71. The summed E-state index contributed by atoms with van der Waals surface area (Å²) in [7, 11) is -1.30. The largest absolute Gasteiger partial charge is 0.417 e. The molecule has 0 aliphatic rings. The molecule has 0 amide bonds. The van der Waals surface area contributed by atoms with E-state index in [0.717, 1.165) is 12.5 Å². The van der Waals surface area contributed by atoms with Crippen molar-refractivity contribution in [2.75, 3.05) is 6.61 Å². The van der Waals surface area contributed by atoms with Crippen molar-refractivity contribution in [1.29, 1.82) is 0 Å². The third-order valence-corrected chi connectivity index (χ3v) is 5.76. The van der Waals surface area contributed by atoms with Crippen molar-refractivity contribution < 1.29 is 4.43 Å². The zero-order valence-electron chi connectivity index (χ0n) is 10.7. The van der Waals surface area contributed by atoms with Crippen LogP contribution in [-0.2, 0) is 4.43 Å². The molecule has 0 fully saturated rings. The molecule has 1 nitrogen and oxygen atoms in total. The topological polar surface area (TPSA) is 9.23 Å². The van der Waals surface area contributed by atoms with Crippen LogP contribution in [0.1, 0.15) is 46.5 Å². The standard InChI is InChI=1S/C12H28OSi/c1-6-9-10-12(7-2)11-13-14(4,5)8-3/h12H,6-11H2,1-5H3. The average Bonchev–Trinajstić information content (AvgIpc) is 2.18. The van der Waals surface area contributed by atoms with Gasteiger partial charge in [-0.3, -0.25) is 0 Å². The van der Waals surface area contributed by atoms with E-state index in [0.29, 0.717) is 0 Å². The Morgan fingerprint density at radius 3 is 2.21 bits per heavy atom. The summed E-state index contributed by atoms with van der Waals surface area (Å²) in [6.07, 6.45) is 5.29. The Morgan fingerprint density at radius 1 is 1.14 bits per heavy atom. The van der Waals surface area contributed by atoms with Gasteiger partial charge >= 0.3 is 0 Å². The van der Waals surface area contributed by atoms with Crippen LogP contribution in [0.2, 0.25) is 19.1 Å². The molecule has 0 aliphatic carbocycles. The Labute approximate surface area is 91.4 Å². The zero-order chi connectivity index (χ0) is 11.0. The molecule has 1 unspecified atom stereocenters. The van der Waals surface area contributed by atoms with Crippen LogP contribution in [0, 0.1) is 5.92 Å². The summed E-state index contributed by atoms with van der Waals surface area (Å²) in [6, 6.07) is 1.23. The van der Waals surface area contributed by atoms with Gasteiger partial charge in [-0.2, -0.15) is 0 Å². The Balaban J connectivity index is 3.71. The fourth-order valence-electron chi connectivity index (χ4n) is 1.34. The van der Waals surface area contributed by atoms with Gasteiger partial charge in [0.05, 0.1) is 0 Å². The van der Waals surface area contributed by atoms with E-state index < -0.39 is 8.32 Å². The van der Waals surface area contributed by atoms with Gasteiger partial charge in [0, 0.05) is 6.61 Å². The van der Waals surface area contributed by atoms with E-state index in [-0.39, 0.29) is 0 Å². The zero-order valence-corrected chi connectivity index (χ0v) is 11.7. The fraction of sp³-hybridized carbons (Fsp3) is 1.00. The molecule has 0 aromatic rings. The van der Waals surface area contributed by atoms with Gasteiger partial charge in [-0.1, -0.05) is 40.0 Å². The molecule has 2 heteroatoms. The van der Waals surface area contributed by atoms with Crippen LogP contribution in [0.5, 0.6) is 0 Å². The van der Waals surface area contributed by atoms with Crippen LogP contribution in [0.4, 0.5) is 0 Å². The second kappa shape index (κ2) is 7.47. The lowest BCUT2D eigenvalue weighted by Crippen LogP contribution is -2.31. The van der Waals surface area contributed by atoms with Crippen LogP contribution >= 0.6 is 0 Å². The SMILES string of the molecule is CCCCC(CC)CO[Si](C)(C)CC. The van der Waals surface area contributed by atoms with Gasteiger partial charge in [-0.25, -0.2) is 0 Å². The number of hydrogen-bond acceptors (Lipinski definition) is 1. The lowest BCUT2D eigenvalue weighted by Gasteiger charge is -2.24. The van der Waals surface area contributed by atoms with Gasteiger partial charge in [0.15, 0.2) is 8.32 Å². The van der Waals surface area contributed by atoms with Gasteiger partial charge < -0.3 is 4.43 Å². The third-order valence-electron chi connectivity index (χ3n) is 3.10. The minimum atomic E-state index is -1.30. The smallest absolute Gasteiger partial charge is 0.186 e. The monoisotopic (exact) mass is 216 g/mol. The van der Waals surface area contributed by atoms with Crippen molar-refractivity contribution in [2.45, 2.75) is 65.6 Å². The summed E-state index contributed by atoms with van der Waals surface area (Å²) in [5.74, 6) is 0.799. The van der Waals surface area contributed by atoms with Crippen molar-refractivity contribution in [1.82, 2.24) is 0 Å². The highest BCUT2D eigenvalue weighted by Gasteiger charge is 2.20. The molecule has 0 heterocycles. The van der Waals surface area contributed by atoms with Gasteiger partial charge in [0.2, 0.25) is 0 Å². The van der Waals surface area contributed by atoms with Gasteiger partial charge in [-0.05, 0) is 31.5 Å². The molecule has 1 atom stereocenters. The summed E-state index contributed by atoms with van der Waals surface area (Å²) in [6.45, 7) is 12.4. The van der Waals surface area contributed by atoms with Crippen molar-refractivity contribution in [3.05, 3.63) is 0 Å². The summed E-state index contributed by atoms with van der Waals surface area (Å²) >= 11 is 0. The quantitative estimate of drug-likeness (QED) is 0.545. The molecule has 0 spiro atoms. The maximum Gasteiger partial charge on any atom is 0.186 e. The van der Waals surface area contributed by atoms with E-state index in [1.54, 1.807) is 0 Å². The minimum absolute atomic E-state index is 0.799. The molecule has 86 valence electrons. The van der Waals surface area contributed by atoms with Crippen molar-refractivity contribution in [3.8, 4) is 0 Å². The fourth-order valence-corrected chi connectivity index (χ4v) is 2.23. The minimum Gasteiger partial charge on any atom is -0.417 e. The molecular weight excluding hydrogens is 188 g/mol. The van der Waals surface area contributed by atoms with Crippen molar-refractivity contribution in [2.24, 2.45) is 5.92 Å². The number of unbranched alkanes of at least 4 members (excludes halogenated alkanes) is 1. The molecule has 0 aromatic carbocycles. The molecule has 0 radical (unpaired) electrons. The van der Waals surface area contributed by atoms with Crippen LogP contribution in [0.3, 0.4) is 0 Å². The summed E-state index contributed by atoms with van der Waals surface area (Å²) in [5, 5.41) is 0. The van der Waals surface area contributed by atoms with Gasteiger partial charge in [-0.15, -0.1) is 0 Å². The van der Waals surface area contributed by atoms with Crippen LogP contribution in [-0.4, -0.2) is 14.9 Å². The third kappa shape index (κ3) is 6.60. The maximum absolute atomic E-state index is 6.07. The highest BCUT2D eigenvalue weighted by atomic mass is 28.4. The first kappa shape index (κ1) is 14.2. The van der Waals surface area contributed by atoms with Crippen molar-refractivity contribution in [3.63, 3.8) is 0 Å². The molecule has 0 saturated heterocycles. The predicted octanol–water partition coefficient (Wildman–Crippen LogP) is 4.44. The Bertz CT molecular complexity index is 134. The van der Waals surface area contributed by atoms with Crippen molar-refractivity contribution >= 4 is 8.32 Å². The molecule has 0 bridgehead atoms. The lowest BCUT2D eigenvalue weighted by molar-refractivity contribution is 0.225. The highest BCUT2D eigenvalue weighted by Crippen LogP contribution is 2.17. The Kier molecular flexibility index (Phi) is 7.56. The van der Waals surface area contributed by atoms with E-state index in [4.69, 9.17) is 4.43 Å². The Hall–Kier alpha value is 0.177. The van der Waals surface area contributed by atoms with E-state index >= 15 is 0 Å². The molecule has 0 aliphatic heterocycles. The molecule has 14 heavy (non-hydrogen) atoms. The first-order chi connectivity index (χ1) is 6.55. The maximum atomic E-state index is 6.07. The number of rotatable bonds is 8.